The van der Waals surface area contributed by atoms with Gasteiger partial charge in [0.05, 0.1) is 0 Å². The number of rotatable bonds is 5. The average molecular weight is 364 g/mol. The molecule has 0 aromatic heterocycles. The van der Waals surface area contributed by atoms with Crippen molar-refractivity contribution in [3.05, 3.63) is 59.1 Å². The lowest BCUT2D eigenvalue weighted by Crippen LogP contribution is -2.45. The second-order valence-electron chi connectivity index (χ2n) is 4.92. The van der Waals surface area contributed by atoms with E-state index >= 15 is 0 Å². The number of benzene rings is 2. The summed E-state index contributed by atoms with van der Waals surface area (Å²) in [6, 6.07) is 14.7. The summed E-state index contributed by atoms with van der Waals surface area (Å²) in [5.74, 6) is 0.305. The summed E-state index contributed by atoms with van der Waals surface area (Å²) in [4.78, 5) is 11.7. The largest absolute Gasteiger partial charge is 0.484 e. The van der Waals surface area contributed by atoms with Gasteiger partial charge in [-0.3, -0.25) is 15.6 Å². The Morgan fingerprint density at radius 3 is 2.38 bits per heavy atom. The molecule has 0 saturated heterocycles. The second kappa shape index (κ2) is 9.10. The zero-order valence-electron chi connectivity index (χ0n) is 13.1. The van der Waals surface area contributed by atoms with Gasteiger partial charge in [-0.1, -0.05) is 30.7 Å². The molecule has 0 spiro atoms. The number of hydrazine groups is 1. The molecule has 0 aliphatic rings. The van der Waals surface area contributed by atoms with E-state index in [2.05, 4.69) is 23.1 Å². The Morgan fingerprint density at radius 1 is 1.08 bits per heavy atom. The minimum atomic E-state index is -0.338. The monoisotopic (exact) mass is 363 g/mol. The number of halogens is 1. The molecule has 0 aliphatic heterocycles. The molecule has 2 rings (SSSR count). The summed E-state index contributed by atoms with van der Waals surface area (Å²) < 4.78 is 5.40. The van der Waals surface area contributed by atoms with E-state index in [0.717, 1.165) is 12.1 Å². The van der Waals surface area contributed by atoms with E-state index in [4.69, 9.17) is 28.6 Å². The fourth-order valence-electron chi connectivity index (χ4n) is 1.83. The van der Waals surface area contributed by atoms with Crippen molar-refractivity contribution in [2.45, 2.75) is 13.3 Å². The van der Waals surface area contributed by atoms with Crippen molar-refractivity contribution in [2.24, 2.45) is 0 Å². The van der Waals surface area contributed by atoms with Crippen molar-refractivity contribution in [3.63, 3.8) is 0 Å². The first-order valence-corrected chi connectivity index (χ1v) is 8.18. The van der Waals surface area contributed by atoms with Crippen LogP contribution in [0.2, 0.25) is 5.02 Å². The second-order valence-corrected chi connectivity index (χ2v) is 5.77. The molecule has 3 N–H and O–H groups in total. The molecule has 0 bridgehead atoms. The molecule has 5 nitrogen and oxygen atoms in total. The zero-order chi connectivity index (χ0) is 17.4. The van der Waals surface area contributed by atoms with Crippen LogP contribution in [0.4, 0.5) is 5.69 Å². The van der Waals surface area contributed by atoms with Crippen molar-refractivity contribution in [3.8, 4) is 5.75 Å². The Morgan fingerprint density at radius 2 is 1.75 bits per heavy atom. The van der Waals surface area contributed by atoms with Gasteiger partial charge in [0.2, 0.25) is 0 Å². The first-order chi connectivity index (χ1) is 11.6. The van der Waals surface area contributed by atoms with Crippen LogP contribution in [0.3, 0.4) is 0 Å². The van der Waals surface area contributed by atoms with Gasteiger partial charge in [0.15, 0.2) is 11.7 Å². The maximum absolute atomic E-state index is 11.7. The predicted octanol–water partition coefficient (Wildman–Crippen LogP) is 3.30. The number of hydrogen-bond donors (Lipinski definition) is 3. The average Bonchev–Trinajstić information content (AvgIpc) is 2.60. The number of amides is 1. The van der Waals surface area contributed by atoms with Crippen molar-refractivity contribution in [1.82, 2.24) is 10.9 Å². The van der Waals surface area contributed by atoms with Gasteiger partial charge in [-0.15, -0.1) is 0 Å². The van der Waals surface area contributed by atoms with Crippen LogP contribution >= 0.6 is 23.8 Å². The molecule has 0 atom stereocenters. The van der Waals surface area contributed by atoms with Gasteiger partial charge in [0, 0.05) is 10.7 Å². The van der Waals surface area contributed by atoms with Crippen molar-refractivity contribution >= 4 is 40.5 Å². The Bertz CT molecular complexity index is 690. The number of carbonyl (C=O) groups is 1. The van der Waals surface area contributed by atoms with Gasteiger partial charge >= 0.3 is 0 Å². The minimum absolute atomic E-state index is 0.109. The molecule has 0 aliphatic carbocycles. The molecule has 0 radical (unpaired) electrons. The van der Waals surface area contributed by atoms with Gasteiger partial charge < -0.3 is 10.1 Å². The van der Waals surface area contributed by atoms with Crippen molar-refractivity contribution in [1.29, 1.82) is 0 Å². The van der Waals surface area contributed by atoms with Crippen LogP contribution in [0.1, 0.15) is 12.5 Å². The van der Waals surface area contributed by atoms with E-state index in [1.165, 1.54) is 5.56 Å². The lowest BCUT2D eigenvalue weighted by Gasteiger charge is -2.12. The highest BCUT2D eigenvalue weighted by molar-refractivity contribution is 7.80. The molecule has 0 unspecified atom stereocenters. The number of hydrogen-bond acceptors (Lipinski definition) is 3. The van der Waals surface area contributed by atoms with Crippen LogP contribution < -0.4 is 20.9 Å². The Kier molecular flexibility index (Phi) is 6.84. The fraction of sp³-hybridized carbons (Fsp3) is 0.176. The van der Waals surface area contributed by atoms with E-state index in [1.807, 2.05) is 24.3 Å². The van der Waals surface area contributed by atoms with E-state index in [9.17, 15) is 4.79 Å². The number of anilines is 1. The SMILES string of the molecule is CCc1ccc(OCC(=O)NNC(=S)Nc2ccc(Cl)cc2)cc1. The zero-order valence-corrected chi connectivity index (χ0v) is 14.7. The molecule has 2 aromatic carbocycles. The number of thiocarbonyl (C=S) groups is 1. The highest BCUT2D eigenvalue weighted by Gasteiger charge is 2.04. The molecular weight excluding hydrogens is 346 g/mol. The van der Waals surface area contributed by atoms with Crippen LogP contribution in [0, 0.1) is 0 Å². The number of carbonyl (C=O) groups excluding carboxylic acids is 1. The van der Waals surface area contributed by atoms with Gasteiger partial charge in [0.25, 0.3) is 5.91 Å². The Labute approximate surface area is 151 Å². The normalized spacial score (nSPS) is 9.92. The van der Waals surface area contributed by atoms with Crippen LogP contribution in [0.25, 0.3) is 0 Å². The van der Waals surface area contributed by atoms with E-state index in [1.54, 1.807) is 24.3 Å². The Balaban J connectivity index is 1.70. The first-order valence-electron chi connectivity index (χ1n) is 7.40. The molecule has 7 heteroatoms. The highest BCUT2D eigenvalue weighted by Crippen LogP contribution is 2.13. The van der Waals surface area contributed by atoms with Gasteiger partial charge in [-0.25, -0.2) is 0 Å². The molecule has 24 heavy (non-hydrogen) atoms. The Hall–Kier alpha value is -2.31. The van der Waals surface area contributed by atoms with Crippen LogP contribution in [-0.2, 0) is 11.2 Å². The smallest absolute Gasteiger partial charge is 0.276 e. The quantitative estimate of drug-likeness (QED) is 0.562. The highest BCUT2D eigenvalue weighted by atomic mass is 35.5. The molecule has 1 amide bonds. The minimum Gasteiger partial charge on any atom is -0.484 e. The van der Waals surface area contributed by atoms with Crippen molar-refractivity contribution in [2.75, 3.05) is 11.9 Å². The maximum atomic E-state index is 11.7. The van der Waals surface area contributed by atoms with Crippen molar-refractivity contribution < 1.29 is 9.53 Å². The first kappa shape index (κ1) is 18.0. The standard InChI is InChI=1S/C17H18ClN3O2S/c1-2-12-3-9-15(10-4-12)23-11-16(22)20-21-17(24)19-14-7-5-13(18)6-8-14/h3-10H,2,11H2,1H3,(H,20,22)(H2,19,21,24). The van der Waals surface area contributed by atoms with Gasteiger partial charge in [-0.2, -0.15) is 0 Å². The van der Waals surface area contributed by atoms with Crippen LogP contribution in [-0.4, -0.2) is 17.6 Å². The number of aryl methyl sites for hydroxylation is 1. The third-order valence-electron chi connectivity index (χ3n) is 3.12. The lowest BCUT2D eigenvalue weighted by molar-refractivity contribution is -0.123. The number of nitrogens with one attached hydrogen (secondary N) is 3. The third kappa shape index (κ3) is 6.06. The lowest BCUT2D eigenvalue weighted by atomic mass is 10.2. The molecular formula is C17H18ClN3O2S. The van der Waals surface area contributed by atoms with E-state index < -0.39 is 0 Å². The van der Waals surface area contributed by atoms with Gasteiger partial charge in [-0.05, 0) is 60.6 Å². The number of ether oxygens (including phenoxy) is 1. The molecule has 2 aromatic rings. The third-order valence-corrected chi connectivity index (χ3v) is 3.58. The summed E-state index contributed by atoms with van der Waals surface area (Å²) >= 11 is 10.9. The topological polar surface area (TPSA) is 62.4 Å². The fourth-order valence-corrected chi connectivity index (χ4v) is 2.12. The summed E-state index contributed by atoms with van der Waals surface area (Å²) in [6.45, 7) is 1.97. The van der Waals surface area contributed by atoms with E-state index in [-0.39, 0.29) is 17.6 Å². The molecule has 0 fully saturated rings. The predicted molar refractivity (Wildman–Crippen MR) is 100 cm³/mol. The summed E-state index contributed by atoms with van der Waals surface area (Å²) in [6.07, 6.45) is 0.961. The summed E-state index contributed by atoms with van der Waals surface area (Å²) in [7, 11) is 0. The summed E-state index contributed by atoms with van der Waals surface area (Å²) in [5.41, 5.74) is 7.05. The van der Waals surface area contributed by atoms with Gasteiger partial charge in [0.1, 0.15) is 5.75 Å². The maximum Gasteiger partial charge on any atom is 0.276 e. The summed E-state index contributed by atoms with van der Waals surface area (Å²) in [5, 5.41) is 3.82. The van der Waals surface area contributed by atoms with E-state index in [0.29, 0.717) is 10.8 Å². The van der Waals surface area contributed by atoms with Crippen LogP contribution in [0.5, 0.6) is 5.75 Å². The molecule has 0 heterocycles. The molecule has 126 valence electrons. The molecule has 0 saturated carbocycles. The van der Waals surface area contributed by atoms with Crippen LogP contribution in [0.15, 0.2) is 48.5 Å².